The van der Waals surface area contributed by atoms with Gasteiger partial charge in [0.2, 0.25) is 5.91 Å². The summed E-state index contributed by atoms with van der Waals surface area (Å²) >= 11 is 0. The zero-order valence-corrected chi connectivity index (χ0v) is 22.6. The first-order chi connectivity index (χ1) is 19.3. The summed E-state index contributed by atoms with van der Waals surface area (Å²) in [5, 5.41) is 5.85. The van der Waals surface area contributed by atoms with Crippen molar-refractivity contribution in [2.45, 2.75) is 37.9 Å². The van der Waals surface area contributed by atoms with Crippen LogP contribution in [0, 0.1) is 5.82 Å². The highest BCUT2D eigenvalue weighted by Crippen LogP contribution is 2.46. The van der Waals surface area contributed by atoms with Crippen LogP contribution < -0.4 is 25.3 Å². The first-order valence-electron chi connectivity index (χ1n) is 13.5. The van der Waals surface area contributed by atoms with Crippen LogP contribution in [0.4, 0.5) is 21.7 Å². The van der Waals surface area contributed by atoms with Gasteiger partial charge >= 0.3 is 0 Å². The summed E-state index contributed by atoms with van der Waals surface area (Å²) in [6.45, 7) is 2.88. The van der Waals surface area contributed by atoms with Crippen LogP contribution in [-0.4, -0.2) is 62.0 Å². The largest absolute Gasteiger partial charge is 0.351 e. The number of likely N-dealkylation sites (N-methyl/N-ethyl adjacent to an activating group) is 2. The summed E-state index contributed by atoms with van der Waals surface area (Å²) in [7, 11) is 3.53. The first kappa shape index (κ1) is 25.9. The lowest BCUT2D eigenvalue weighted by Gasteiger charge is -2.40. The number of hydrogen-bond donors (Lipinski definition) is 2. The number of nitrogens with one attached hydrogen (secondary N) is 2. The van der Waals surface area contributed by atoms with Gasteiger partial charge in [0.1, 0.15) is 17.7 Å². The van der Waals surface area contributed by atoms with Crippen molar-refractivity contribution >= 4 is 35.0 Å². The van der Waals surface area contributed by atoms with Gasteiger partial charge < -0.3 is 20.4 Å². The van der Waals surface area contributed by atoms with E-state index in [1.807, 2.05) is 19.1 Å². The molecule has 0 radical (unpaired) electrons. The molecule has 0 bridgehead atoms. The third kappa shape index (κ3) is 4.19. The summed E-state index contributed by atoms with van der Waals surface area (Å²) in [4.78, 5) is 50.6. The molecule has 1 fully saturated rings. The van der Waals surface area contributed by atoms with Crippen molar-refractivity contribution in [1.82, 2.24) is 15.6 Å². The molecule has 6 rings (SSSR count). The predicted octanol–water partition coefficient (Wildman–Crippen LogP) is 3.25. The molecule has 1 saturated carbocycles. The average Bonchev–Trinajstić information content (AvgIpc) is 3.75. The summed E-state index contributed by atoms with van der Waals surface area (Å²) in [6.07, 6.45) is 1.95. The minimum absolute atomic E-state index is 0.00304. The van der Waals surface area contributed by atoms with Gasteiger partial charge in [-0.05, 0) is 68.3 Å². The maximum atomic E-state index is 14.2. The molecule has 0 saturated heterocycles. The Labute approximate surface area is 232 Å². The van der Waals surface area contributed by atoms with Crippen LogP contribution in [-0.2, 0) is 4.79 Å². The van der Waals surface area contributed by atoms with E-state index in [-0.39, 0.29) is 41.2 Å². The summed E-state index contributed by atoms with van der Waals surface area (Å²) < 4.78 is 13.9. The van der Waals surface area contributed by atoms with E-state index in [9.17, 15) is 18.8 Å². The lowest BCUT2D eigenvalue weighted by molar-refractivity contribution is -0.119. The van der Waals surface area contributed by atoms with E-state index < -0.39 is 6.04 Å². The average molecular weight is 543 g/mol. The van der Waals surface area contributed by atoms with Crippen LogP contribution in [0.2, 0.25) is 0 Å². The standard InChI is InChI=1S/C30H31FN6O3/c1-17-29(39)35(3)23-13-14-24(34-27(23)36(17)20-11-12-20)37-26(18-7-9-19(31)10-8-18)21-5-4-6-22(25(21)30(37)40)28(38)33-16-15-32-2/h4-10,13-14,17,20,26,32H,11-12,15-16H2,1-3H3,(H,33,38). The van der Waals surface area contributed by atoms with Gasteiger partial charge in [0.25, 0.3) is 11.8 Å². The van der Waals surface area contributed by atoms with Gasteiger partial charge in [-0.1, -0.05) is 24.3 Å². The lowest BCUT2D eigenvalue weighted by atomic mass is 9.95. The molecule has 10 heteroatoms. The molecule has 3 aromatic rings. The van der Waals surface area contributed by atoms with Crippen molar-refractivity contribution < 1.29 is 18.8 Å². The third-order valence-corrected chi connectivity index (χ3v) is 7.91. The lowest BCUT2D eigenvalue weighted by Crippen LogP contribution is -2.52. The minimum atomic E-state index is -0.617. The predicted molar refractivity (Wildman–Crippen MR) is 150 cm³/mol. The minimum Gasteiger partial charge on any atom is -0.351 e. The number of aromatic nitrogens is 1. The molecule has 9 nitrogen and oxygen atoms in total. The zero-order valence-electron chi connectivity index (χ0n) is 22.6. The van der Waals surface area contributed by atoms with Gasteiger partial charge in [-0.15, -0.1) is 0 Å². The van der Waals surface area contributed by atoms with Crippen LogP contribution in [0.25, 0.3) is 0 Å². The Morgan fingerprint density at radius 3 is 2.50 bits per heavy atom. The van der Waals surface area contributed by atoms with E-state index in [0.29, 0.717) is 47.1 Å². The molecule has 2 aromatic carbocycles. The fraction of sp³-hybridized carbons (Fsp3) is 0.333. The van der Waals surface area contributed by atoms with Gasteiger partial charge in [0, 0.05) is 26.2 Å². The van der Waals surface area contributed by atoms with Gasteiger partial charge in [-0.3, -0.25) is 19.3 Å². The SMILES string of the molecule is CNCCNC(=O)c1cccc2c1C(=O)N(c1ccc3c(n1)N(C1CC1)C(C)C(=O)N3C)C2c1ccc(F)cc1. The number of rotatable bonds is 7. The van der Waals surface area contributed by atoms with E-state index in [0.717, 1.165) is 12.8 Å². The molecule has 206 valence electrons. The zero-order chi connectivity index (χ0) is 28.1. The Kier molecular flexibility index (Phi) is 6.50. The van der Waals surface area contributed by atoms with Crippen molar-refractivity contribution in [3.8, 4) is 0 Å². The van der Waals surface area contributed by atoms with Gasteiger partial charge in [0.05, 0.1) is 22.9 Å². The monoisotopic (exact) mass is 542 g/mol. The quantitative estimate of drug-likeness (QED) is 0.445. The van der Waals surface area contributed by atoms with Crippen LogP contribution in [0.3, 0.4) is 0 Å². The molecule has 40 heavy (non-hydrogen) atoms. The Balaban J connectivity index is 1.48. The highest BCUT2D eigenvalue weighted by molar-refractivity contribution is 6.17. The van der Waals surface area contributed by atoms with Gasteiger partial charge in [-0.25, -0.2) is 9.37 Å². The Morgan fingerprint density at radius 2 is 1.80 bits per heavy atom. The molecule has 2 N–H and O–H groups in total. The molecule has 1 aromatic heterocycles. The van der Waals surface area contributed by atoms with Crippen LogP contribution in [0.15, 0.2) is 54.6 Å². The number of hydrogen-bond acceptors (Lipinski definition) is 6. The molecule has 0 spiro atoms. The van der Waals surface area contributed by atoms with Crippen LogP contribution >= 0.6 is 0 Å². The topological polar surface area (TPSA) is 97.9 Å². The van der Waals surface area contributed by atoms with E-state index >= 15 is 0 Å². The molecule has 2 unspecified atom stereocenters. The molecule has 3 aliphatic rings. The maximum absolute atomic E-state index is 14.2. The Bertz CT molecular complexity index is 1510. The Hall–Kier alpha value is -4.31. The van der Waals surface area contributed by atoms with Crippen molar-refractivity contribution in [1.29, 1.82) is 0 Å². The van der Waals surface area contributed by atoms with E-state index in [1.54, 1.807) is 54.2 Å². The fourth-order valence-electron chi connectivity index (χ4n) is 5.77. The summed E-state index contributed by atoms with van der Waals surface area (Å²) in [5.74, 6) is -0.0320. The molecule has 2 atom stereocenters. The first-order valence-corrected chi connectivity index (χ1v) is 13.5. The maximum Gasteiger partial charge on any atom is 0.261 e. The molecular weight excluding hydrogens is 511 g/mol. The van der Waals surface area contributed by atoms with Gasteiger partial charge in [0.15, 0.2) is 5.82 Å². The summed E-state index contributed by atoms with van der Waals surface area (Å²) in [5.41, 5.74) is 2.62. The number of carbonyl (C=O) groups excluding carboxylic acids is 3. The molecule has 1 aliphatic carbocycles. The Morgan fingerprint density at radius 1 is 1.05 bits per heavy atom. The van der Waals surface area contributed by atoms with E-state index in [2.05, 4.69) is 15.5 Å². The number of fused-ring (bicyclic) bond motifs is 2. The van der Waals surface area contributed by atoms with Crippen molar-refractivity contribution in [3.05, 3.63) is 82.7 Å². The number of halogens is 1. The van der Waals surface area contributed by atoms with Crippen molar-refractivity contribution in [3.63, 3.8) is 0 Å². The highest BCUT2D eigenvalue weighted by Gasteiger charge is 2.45. The van der Waals surface area contributed by atoms with Crippen molar-refractivity contribution in [2.75, 3.05) is 41.9 Å². The number of nitrogens with zero attached hydrogens (tertiary/aromatic N) is 4. The second kappa shape index (κ2) is 10.0. The number of carbonyl (C=O) groups is 3. The van der Waals surface area contributed by atoms with Crippen LogP contribution in [0.1, 0.15) is 57.7 Å². The molecule has 2 aliphatic heterocycles. The van der Waals surface area contributed by atoms with E-state index in [1.165, 1.54) is 12.1 Å². The molecular formula is C30H31FN6O3. The smallest absolute Gasteiger partial charge is 0.261 e. The van der Waals surface area contributed by atoms with E-state index in [4.69, 9.17) is 4.98 Å². The highest BCUT2D eigenvalue weighted by atomic mass is 19.1. The fourth-order valence-corrected chi connectivity index (χ4v) is 5.77. The summed E-state index contributed by atoms with van der Waals surface area (Å²) in [6, 6.07) is 14.0. The third-order valence-electron chi connectivity index (χ3n) is 7.91. The number of amides is 3. The van der Waals surface area contributed by atoms with Crippen LogP contribution in [0.5, 0.6) is 0 Å². The second-order valence-corrected chi connectivity index (χ2v) is 10.5. The normalized spacial score (nSPS) is 20.1. The number of pyridine rings is 1. The van der Waals surface area contributed by atoms with Crippen molar-refractivity contribution in [2.24, 2.45) is 0 Å². The number of anilines is 3. The van der Waals surface area contributed by atoms with Gasteiger partial charge in [-0.2, -0.15) is 0 Å². The molecule has 3 amide bonds. The number of benzene rings is 2. The second-order valence-electron chi connectivity index (χ2n) is 10.5. The molecule has 3 heterocycles.